The standard InChI is InChI=1S/C13H20N4O3S/c1-4-11-17(9(8-21-11)12(18)19)13(20)16(3)7-10-14-5-6-15(10)2/h5-6,9,11H,4,7-8H2,1-3H3,(H,18,19). The van der Waals surface area contributed by atoms with E-state index in [1.165, 1.54) is 21.6 Å². The number of hydrogen-bond donors (Lipinski definition) is 1. The molecule has 0 radical (unpaired) electrons. The molecular formula is C13H20N4O3S. The van der Waals surface area contributed by atoms with E-state index in [-0.39, 0.29) is 11.4 Å². The third kappa shape index (κ3) is 3.15. The van der Waals surface area contributed by atoms with Crippen molar-refractivity contribution in [3.05, 3.63) is 18.2 Å². The fourth-order valence-electron chi connectivity index (χ4n) is 2.35. The van der Waals surface area contributed by atoms with Crippen LogP contribution >= 0.6 is 11.8 Å². The number of aryl methyl sites for hydroxylation is 1. The van der Waals surface area contributed by atoms with Crippen LogP contribution in [0.15, 0.2) is 12.4 Å². The Morgan fingerprint density at radius 2 is 2.29 bits per heavy atom. The molecule has 2 rings (SSSR count). The highest BCUT2D eigenvalue weighted by Gasteiger charge is 2.42. The molecule has 1 aliphatic heterocycles. The third-order valence-electron chi connectivity index (χ3n) is 3.57. The van der Waals surface area contributed by atoms with Gasteiger partial charge in [0.25, 0.3) is 0 Å². The number of carboxylic acids is 1. The van der Waals surface area contributed by atoms with Crippen molar-refractivity contribution in [3.8, 4) is 0 Å². The highest BCUT2D eigenvalue weighted by atomic mass is 32.2. The first-order valence-electron chi connectivity index (χ1n) is 6.79. The molecule has 0 saturated carbocycles. The molecule has 0 bridgehead atoms. The summed E-state index contributed by atoms with van der Waals surface area (Å²) < 4.78 is 1.84. The largest absolute Gasteiger partial charge is 0.480 e. The van der Waals surface area contributed by atoms with Crippen LogP contribution in [0.5, 0.6) is 0 Å². The van der Waals surface area contributed by atoms with Gasteiger partial charge in [0.15, 0.2) is 0 Å². The van der Waals surface area contributed by atoms with E-state index in [2.05, 4.69) is 4.98 Å². The van der Waals surface area contributed by atoms with Crippen molar-refractivity contribution in [1.29, 1.82) is 0 Å². The quantitative estimate of drug-likeness (QED) is 0.904. The minimum atomic E-state index is -0.947. The molecule has 116 valence electrons. The van der Waals surface area contributed by atoms with Gasteiger partial charge in [0.1, 0.15) is 11.9 Å². The monoisotopic (exact) mass is 312 g/mol. The third-order valence-corrected chi connectivity index (χ3v) is 5.03. The molecule has 1 aromatic heterocycles. The van der Waals surface area contributed by atoms with Crippen molar-refractivity contribution in [2.24, 2.45) is 7.05 Å². The number of carbonyl (C=O) groups is 2. The number of aromatic nitrogens is 2. The number of thioether (sulfide) groups is 1. The molecule has 7 nitrogen and oxygen atoms in total. The zero-order chi connectivity index (χ0) is 15.6. The van der Waals surface area contributed by atoms with E-state index >= 15 is 0 Å². The van der Waals surface area contributed by atoms with Crippen LogP contribution < -0.4 is 0 Å². The van der Waals surface area contributed by atoms with Crippen LogP contribution in [0.25, 0.3) is 0 Å². The predicted molar refractivity (Wildman–Crippen MR) is 79.9 cm³/mol. The van der Waals surface area contributed by atoms with Gasteiger partial charge in [-0.05, 0) is 6.42 Å². The summed E-state index contributed by atoms with van der Waals surface area (Å²) in [6, 6.07) is -1.02. The topological polar surface area (TPSA) is 78.7 Å². The van der Waals surface area contributed by atoms with Gasteiger partial charge in [0.05, 0.1) is 11.9 Å². The Bertz CT molecular complexity index is 533. The second-order valence-corrected chi connectivity index (χ2v) is 6.26. The van der Waals surface area contributed by atoms with Gasteiger partial charge in [0.2, 0.25) is 0 Å². The Morgan fingerprint density at radius 1 is 1.57 bits per heavy atom. The van der Waals surface area contributed by atoms with E-state index in [0.717, 1.165) is 12.2 Å². The molecule has 21 heavy (non-hydrogen) atoms. The van der Waals surface area contributed by atoms with Gasteiger partial charge in [-0.25, -0.2) is 14.6 Å². The lowest BCUT2D eigenvalue weighted by Gasteiger charge is -2.31. The van der Waals surface area contributed by atoms with Gasteiger partial charge in [-0.1, -0.05) is 6.92 Å². The van der Waals surface area contributed by atoms with Gasteiger partial charge in [0, 0.05) is 32.2 Å². The Labute approximate surface area is 127 Å². The maximum absolute atomic E-state index is 12.6. The molecule has 0 aliphatic carbocycles. The maximum Gasteiger partial charge on any atom is 0.327 e. The number of rotatable bonds is 4. The van der Waals surface area contributed by atoms with Gasteiger partial charge < -0.3 is 14.6 Å². The highest BCUT2D eigenvalue weighted by molar-refractivity contribution is 8.00. The number of hydrogen-bond acceptors (Lipinski definition) is 4. The Balaban J connectivity index is 2.12. The second kappa shape index (κ2) is 6.38. The fourth-order valence-corrected chi connectivity index (χ4v) is 3.69. The van der Waals surface area contributed by atoms with Gasteiger partial charge in [-0.3, -0.25) is 4.90 Å². The molecule has 8 heteroatoms. The van der Waals surface area contributed by atoms with E-state index < -0.39 is 12.0 Å². The molecule has 1 aromatic rings. The van der Waals surface area contributed by atoms with Crippen molar-refractivity contribution < 1.29 is 14.7 Å². The smallest absolute Gasteiger partial charge is 0.327 e. The zero-order valence-corrected chi connectivity index (χ0v) is 13.2. The van der Waals surface area contributed by atoms with Crippen molar-refractivity contribution >= 4 is 23.8 Å². The summed E-state index contributed by atoms with van der Waals surface area (Å²) in [7, 11) is 3.53. The minimum Gasteiger partial charge on any atom is -0.480 e. The van der Waals surface area contributed by atoms with Gasteiger partial charge in [-0.2, -0.15) is 0 Å². The summed E-state index contributed by atoms with van der Waals surface area (Å²) in [6.07, 6.45) is 4.22. The van der Waals surface area contributed by atoms with Gasteiger partial charge >= 0.3 is 12.0 Å². The molecule has 0 aromatic carbocycles. The summed E-state index contributed by atoms with van der Waals surface area (Å²) in [6.45, 7) is 2.31. The number of imidazole rings is 1. The lowest BCUT2D eigenvalue weighted by molar-refractivity contribution is -0.141. The number of urea groups is 1. The van der Waals surface area contributed by atoms with Crippen LogP contribution in [-0.4, -0.2) is 60.7 Å². The minimum absolute atomic E-state index is 0.0811. The summed E-state index contributed by atoms with van der Waals surface area (Å²) in [4.78, 5) is 31.1. The van der Waals surface area contributed by atoms with Crippen molar-refractivity contribution in [3.63, 3.8) is 0 Å². The molecule has 1 aliphatic rings. The molecular weight excluding hydrogens is 292 g/mol. The number of nitrogens with zero attached hydrogens (tertiary/aromatic N) is 4. The zero-order valence-electron chi connectivity index (χ0n) is 12.4. The van der Waals surface area contributed by atoms with Crippen molar-refractivity contribution in [2.75, 3.05) is 12.8 Å². The number of amides is 2. The average molecular weight is 312 g/mol. The maximum atomic E-state index is 12.6. The first-order valence-corrected chi connectivity index (χ1v) is 7.84. The highest BCUT2D eigenvalue weighted by Crippen LogP contribution is 2.32. The van der Waals surface area contributed by atoms with E-state index in [1.54, 1.807) is 13.2 Å². The molecule has 2 heterocycles. The molecule has 1 fully saturated rings. The van der Waals surface area contributed by atoms with Crippen LogP contribution in [0.2, 0.25) is 0 Å². The van der Waals surface area contributed by atoms with E-state index in [0.29, 0.717) is 12.3 Å². The van der Waals surface area contributed by atoms with Crippen LogP contribution in [0.4, 0.5) is 4.79 Å². The number of carbonyl (C=O) groups excluding carboxylic acids is 1. The molecule has 2 amide bonds. The molecule has 2 atom stereocenters. The first-order chi connectivity index (χ1) is 9.95. The number of aliphatic carboxylic acids is 1. The van der Waals surface area contributed by atoms with Gasteiger partial charge in [-0.15, -0.1) is 11.8 Å². The first kappa shape index (κ1) is 15.7. The molecule has 1 N–H and O–H groups in total. The summed E-state index contributed by atoms with van der Waals surface area (Å²) in [5, 5.41) is 9.21. The second-order valence-electron chi connectivity index (χ2n) is 5.05. The van der Waals surface area contributed by atoms with Crippen LogP contribution in [0, 0.1) is 0 Å². The van der Waals surface area contributed by atoms with Crippen molar-refractivity contribution in [2.45, 2.75) is 31.3 Å². The Kier molecular flexibility index (Phi) is 4.76. The average Bonchev–Trinajstić information content (AvgIpc) is 3.04. The molecule has 1 saturated heterocycles. The normalized spacial score (nSPS) is 21.6. The Morgan fingerprint density at radius 3 is 2.81 bits per heavy atom. The van der Waals surface area contributed by atoms with E-state index in [4.69, 9.17) is 0 Å². The van der Waals surface area contributed by atoms with E-state index in [9.17, 15) is 14.7 Å². The fraction of sp³-hybridized carbons (Fsp3) is 0.615. The number of carboxylic acid groups (broad SMARTS) is 1. The summed E-state index contributed by atoms with van der Waals surface area (Å²) >= 11 is 1.52. The Hall–Kier alpha value is -1.70. The van der Waals surface area contributed by atoms with Crippen LogP contribution in [0.1, 0.15) is 19.2 Å². The predicted octanol–water partition coefficient (Wildman–Crippen LogP) is 1.21. The van der Waals surface area contributed by atoms with E-state index in [1.807, 2.05) is 24.7 Å². The lowest BCUT2D eigenvalue weighted by Crippen LogP contribution is -2.50. The van der Waals surface area contributed by atoms with Crippen LogP contribution in [-0.2, 0) is 18.4 Å². The summed E-state index contributed by atoms with van der Waals surface area (Å²) in [5.41, 5.74) is 0. The van der Waals surface area contributed by atoms with Crippen molar-refractivity contribution in [1.82, 2.24) is 19.4 Å². The molecule has 0 spiro atoms. The molecule has 2 unspecified atom stereocenters. The van der Waals surface area contributed by atoms with Crippen LogP contribution in [0.3, 0.4) is 0 Å². The SMILES string of the molecule is CCC1SCC(C(=O)O)N1C(=O)N(C)Cc1nccn1C. The summed E-state index contributed by atoms with van der Waals surface area (Å²) in [5.74, 6) is 0.255. The lowest BCUT2D eigenvalue weighted by atomic mass is 10.2.